The maximum absolute atomic E-state index is 14.0. The molecular weight excluding hydrogens is 299 g/mol. The molecule has 2 rings (SSSR count). The highest BCUT2D eigenvalue weighted by atomic mass is 35.5. The van der Waals surface area contributed by atoms with Crippen LogP contribution in [-0.4, -0.2) is 28.2 Å². The van der Waals surface area contributed by atoms with Crippen molar-refractivity contribution in [2.75, 3.05) is 7.05 Å². The molecule has 0 aliphatic heterocycles. The number of hydrogen-bond acceptors (Lipinski definition) is 4. The number of halogens is 2. The van der Waals surface area contributed by atoms with E-state index in [1.165, 1.54) is 23.1 Å². The molecule has 5 nitrogen and oxygen atoms in total. The van der Waals surface area contributed by atoms with E-state index in [0.717, 1.165) is 0 Å². The van der Waals surface area contributed by atoms with E-state index < -0.39 is 17.8 Å². The van der Waals surface area contributed by atoms with Crippen LogP contribution in [0.2, 0.25) is 5.02 Å². The van der Waals surface area contributed by atoms with Gasteiger partial charge in [-0.25, -0.2) is 4.39 Å². The zero-order valence-corrected chi connectivity index (χ0v) is 12.3. The monoisotopic (exact) mass is 312 g/mol. The van der Waals surface area contributed by atoms with Crippen molar-refractivity contribution >= 4 is 17.6 Å². The predicted octanol–water partition coefficient (Wildman–Crippen LogP) is 3.03. The lowest BCUT2D eigenvalue weighted by Gasteiger charge is -2.25. The van der Waals surface area contributed by atoms with Gasteiger partial charge in [0, 0.05) is 23.2 Å². The highest BCUT2D eigenvalue weighted by Gasteiger charge is 2.30. The van der Waals surface area contributed by atoms with Gasteiger partial charge in [-0.15, -0.1) is 0 Å². The van der Waals surface area contributed by atoms with Gasteiger partial charge in [-0.05, 0) is 26.1 Å². The number of carboxylic acids is 1. The Hall–Kier alpha value is -1.92. The van der Waals surface area contributed by atoms with E-state index in [9.17, 15) is 14.3 Å². The highest BCUT2D eigenvalue weighted by molar-refractivity contribution is 6.31. The molecular formula is C14H14ClFN2O3. The van der Waals surface area contributed by atoms with Crippen LogP contribution in [0.5, 0.6) is 0 Å². The van der Waals surface area contributed by atoms with Gasteiger partial charge in [-0.1, -0.05) is 22.8 Å². The smallest absolute Gasteiger partial charge is 0.325 e. The van der Waals surface area contributed by atoms with Gasteiger partial charge >= 0.3 is 5.97 Å². The lowest BCUT2D eigenvalue weighted by atomic mass is 10.0. The van der Waals surface area contributed by atoms with E-state index in [-0.39, 0.29) is 17.1 Å². The summed E-state index contributed by atoms with van der Waals surface area (Å²) >= 11 is 5.96. The SMILES string of the molecule is Cc1cc(CN(C)C(C(=O)O)c2c(F)cccc2Cl)no1. The second kappa shape index (κ2) is 6.24. The van der Waals surface area contributed by atoms with E-state index >= 15 is 0 Å². The molecule has 0 saturated carbocycles. The molecule has 1 unspecified atom stereocenters. The number of benzene rings is 1. The number of nitrogens with zero attached hydrogens (tertiary/aromatic N) is 2. The van der Waals surface area contributed by atoms with E-state index in [1.807, 2.05) is 0 Å². The molecule has 1 N–H and O–H groups in total. The third kappa shape index (κ3) is 3.40. The molecule has 1 aromatic heterocycles. The first-order valence-electron chi connectivity index (χ1n) is 6.19. The molecule has 2 aromatic rings. The summed E-state index contributed by atoms with van der Waals surface area (Å²) in [6.07, 6.45) is 0. The molecule has 1 aromatic carbocycles. The van der Waals surface area contributed by atoms with Crippen LogP contribution in [-0.2, 0) is 11.3 Å². The van der Waals surface area contributed by atoms with Crippen molar-refractivity contribution < 1.29 is 18.8 Å². The second-order valence-electron chi connectivity index (χ2n) is 4.72. The molecule has 0 aliphatic rings. The molecule has 21 heavy (non-hydrogen) atoms. The largest absolute Gasteiger partial charge is 0.480 e. The van der Waals surface area contributed by atoms with Crippen LogP contribution in [0.15, 0.2) is 28.8 Å². The molecule has 0 aliphatic carbocycles. The summed E-state index contributed by atoms with van der Waals surface area (Å²) in [5.41, 5.74) is 0.503. The van der Waals surface area contributed by atoms with Gasteiger partial charge in [0.05, 0.1) is 5.69 Å². The van der Waals surface area contributed by atoms with Crippen LogP contribution in [0.25, 0.3) is 0 Å². The van der Waals surface area contributed by atoms with Gasteiger partial charge < -0.3 is 9.63 Å². The summed E-state index contributed by atoms with van der Waals surface area (Å²) in [4.78, 5) is 13.0. The fourth-order valence-corrected chi connectivity index (χ4v) is 2.41. The Morgan fingerprint density at radius 2 is 2.29 bits per heavy atom. The van der Waals surface area contributed by atoms with Crippen LogP contribution in [0, 0.1) is 12.7 Å². The van der Waals surface area contributed by atoms with Gasteiger partial charge in [0.25, 0.3) is 0 Å². The lowest BCUT2D eigenvalue weighted by molar-refractivity contribution is -0.143. The van der Waals surface area contributed by atoms with Crippen LogP contribution in [0.1, 0.15) is 23.1 Å². The predicted molar refractivity (Wildman–Crippen MR) is 74.5 cm³/mol. The first-order chi connectivity index (χ1) is 9.90. The third-order valence-electron chi connectivity index (χ3n) is 3.04. The minimum Gasteiger partial charge on any atom is -0.480 e. The molecule has 0 radical (unpaired) electrons. The number of aryl methyl sites for hydroxylation is 1. The molecule has 0 saturated heterocycles. The average molecular weight is 313 g/mol. The quantitative estimate of drug-likeness (QED) is 0.919. The zero-order valence-electron chi connectivity index (χ0n) is 11.5. The minimum absolute atomic E-state index is 0.0608. The lowest BCUT2D eigenvalue weighted by Crippen LogP contribution is -2.31. The summed E-state index contributed by atoms with van der Waals surface area (Å²) in [7, 11) is 1.56. The zero-order chi connectivity index (χ0) is 15.6. The van der Waals surface area contributed by atoms with E-state index in [1.54, 1.807) is 20.0 Å². The Labute approximate surface area is 125 Å². The second-order valence-corrected chi connectivity index (χ2v) is 5.13. The first kappa shape index (κ1) is 15.5. The topological polar surface area (TPSA) is 66.6 Å². The summed E-state index contributed by atoms with van der Waals surface area (Å²) in [5.74, 6) is -1.23. The molecule has 0 bridgehead atoms. The van der Waals surface area contributed by atoms with Gasteiger partial charge in [0.15, 0.2) is 0 Å². The van der Waals surface area contributed by atoms with Gasteiger partial charge in [0.2, 0.25) is 0 Å². The normalized spacial score (nSPS) is 12.6. The van der Waals surface area contributed by atoms with E-state index in [4.69, 9.17) is 16.1 Å². The third-order valence-corrected chi connectivity index (χ3v) is 3.37. The fourth-order valence-electron chi connectivity index (χ4n) is 2.14. The molecule has 1 atom stereocenters. The summed E-state index contributed by atoms with van der Waals surface area (Å²) in [6, 6.07) is 4.56. The molecule has 0 fully saturated rings. The molecule has 1 heterocycles. The van der Waals surface area contributed by atoms with Gasteiger partial charge in [-0.2, -0.15) is 0 Å². The molecule has 7 heteroatoms. The van der Waals surface area contributed by atoms with E-state index in [0.29, 0.717) is 11.5 Å². The van der Waals surface area contributed by atoms with E-state index in [2.05, 4.69) is 5.16 Å². The summed E-state index contributed by atoms with van der Waals surface area (Å²) in [6.45, 7) is 1.93. The van der Waals surface area contributed by atoms with Crippen molar-refractivity contribution in [2.45, 2.75) is 19.5 Å². The summed E-state index contributed by atoms with van der Waals surface area (Å²) < 4.78 is 18.9. The van der Waals surface area contributed by atoms with Crippen LogP contribution in [0.4, 0.5) is 4.39 Å². The fraction of sp³-hybridized carbons (Fsp3) is 0.286. The maximum atomic E-state index is 14.0. The van der Waals surface area contributed by atoms with Crippen molar-refractivity contribution in [1.29, 1.82) is 0 Å². The molecule has 0 amide bonds. The van der Waals surface area contributed by atoms with Crippen molar-refractivity contribution in [3.05, 3.63) is 52.1 Å². The van der Waals surface area contributed by atoms with Crippen LogP contribution < -0.4 is 0 Å². The Balaban J connectivity index is 2.32. The van der Waals surface area contributed by atoms with Crippen molar-refractivity contribution in [2.24, 2.45) is 0 Å². The summed E-state index contributed by atoms with van der Waals surface area (Å²) in [5, 5.41) is 13.3. The standard InChI is InChI=1S/C14H14ClFN2O3/c1-8-6-9(17-21-8)7-18(2)13(14(19)20)12-10(15)4-3-5-11(12)16/h3-6,13H,7H2,1-2H3,(H,19,20). The molecule has 0 spiro atoms. The minimum atomic E-state index is -1.21. The van der Waals surface area contributed by atoms with Gasteiger partial charge in [-0.3, -0.25) is 9.69 Å². The van der Waals surface area contributed by atoms with Crippen LogP contribution >= 0.6 is 11.6 Å². The number of hydrogen-bond donors (Lipinski definition) is 1. The number of carbonyl (C=O) groups is 1. The number of carboxylic acid groups (broad SMARTS) is 1. The first-order valence-corrected chi connectivity index (χ1v) is 6.57. The van der Waals surface area contributed by atoms with Crippen LogP contribution in [0.3, 0.4) is 0 Å². The van der Waals surface area contributed by atoms with Gasteiger partial charge in [0.1, 0.15) is 17.6 Å². The van der Waals surface area contributed by atoms with Crippen molar-refractivity contribution in [3.8, 4) is 0 Å². The number of aliphatic carboxylic acids is 1. The van der Waals surface area contributed by atoms with Crippen molar-refractivity contribution in [1.82, 2.24) is 10.1 Å². The van der Waals surface area contributed by atoms with Crippen molar-refractivity contribution in [3.63, 3.8) is 0 Å². The number of aromatic nitrogens is 1. The Morgan fingerprint density at radius 1 is 1.57 bits per heavy atom. The highest BCUT2D eigenvalue weighted by Crippen LogP contribution is 2.30. The number of rotatable bonds is 5. The Bertz CT molecular complexity index is 639. The number of likely N-dealkylation sites (N-methyl/N-ethyl adjacent to an activating group) is 1. The molecule has 112 valence electrons. The average Bonchev–Trinajstić information content (AvgIpc) is 2.78. The Kier molecular flexibility index (Phi) is 4.59. The maximum Gasteiger partial charge on any atom is 0.325 e. The Morgan fingerprint density at radius 3 is 2.81 bits per heavy atom.